The van der Waals surface area contributed by atoms with E-state index in [1.54, 1.807) is 0 Å². The van der Waals surface area contributed by atoms with E-state index in [9.17, 15) is 0 Å². The number of quaternary nitrogens is 2. The number of unbranched alkanes of at least 4 members (excludes halogenated alkanes) is 4. The second-order valence-electron chi connectivity index (χ2n) is 9.58. The van der Waals surface area contributed by atoms with E-state index in [4.69, 9.17) is 0 Å². The standard InChI is InChI=1S/C16H36N.C13H22N.2BrH/c1-5-9-13-17(14-10-6-2,15-11-7-3)16-12-8-4;1-4-14(5-2,6-3)12-13-10-8-7-9-11-13;;/h5-16H2,1-4H3;7-11H,4-6,12H2,1-3H3;2*1H/q2*+1;;/p-2. The molecule has 0 amide bonds. The summed E-state index contributed by atoms with van der Waals surface area (Å²) in [4.78, 5) is 0. The van der Waals surface area contributed by atoms with Gasteiger partial charge in [-0.3, -0.25) is 0 Å². The smallest absolute Gasteiger partial charge is 0.104 e. The monoisotopic (exact) mass is 592 g/mol. The van der Waals surface area contributed by atoms with Crippen molar-refractivity contribution in [1.82, 2.24) is 0 Å². The Morgan fingerprint density at radius 3 is 1.09 bits per heavy atom. The van der Waals surface area contributed by atoms with Crippen LogP contribution in [0.3, 0.4) is 0 Å². The lowest BCUT2D eigenvalue weighted by atomic mass is 10.1. The van der Waals surface area contributed by atoms with Gasteiger partial charge >= 0.3 is 0 Å². The molecule has 0 atom stereocenters. The summed E-state index contributed by atoms with van der Waals surface area (Å²) in [5, 5.41) is 0. The Labute approximate surface area is 230 Å². The lowest BCUT2D eigenvalue weighted by molar-refractivity contribution is -0.936. The van der Waals surface area contributed by atoms with Crippen LogP contribution in [-0.4, -0.2) is 54.8 Å². The summed E-state index contributed by atoms with van der Waals surface area (Å²) in [6.07, 6.45) is 11.1. The van der Waals surface area contributed by atoms with Crippen LogP contribution >= 0.6 is 0 Å². The van der Waals surface area contributed by atoms with Crippen molar-refractivity contribution in [2.75, 3.05) is 45.8 Å². The molecule has 0 unspecified atom stereocenters. The number of hydrogen-bond donors (Lipinski definition) is 0. The number of halogens is 2. The van der Waals surface area contributed by atoms with E-state index in [-0.39, 0.29) is 34.0 Å². The second-order valence-corrected chi connectivity index (χ2v) is 9.58. The summed E-state index contributed by atoms with van der Waals surface area (Å²) in [6.45, 7) is 26.7. The minimum Gasteiger partial charge on any atom is -1.00 e. The average Bonchev–Trinajstić information content (AvgIpc) is 2.83. The van der Waals surface area contributed by atoms with E-state index in [0.29, 0.717) is 0 Å². The first-order chi connectivity index (χ1) is 15.0. The third kappa shape index (κ3) is 16.4. The zero-order valence-electron chi connectivity index (χ0n) is 23.4. The van der Waals surface area contributed by atoms with Crippen molar-refractivity contribution in [2.45, 2.75) is 106 Å². The molecule has 33 heavy (non-hydrogen) atoms. The molecule has 4 heteroatoms. The molecule has 0 bridgehead atoms. The summed E-state index contributed by atoms with van der Waals surface area (Å²) in [5.74, 6) is 0. The highest BCUT2D eigenvalue weighted by Gasteiger charge is 2.24. The highest BCUT2D eigenvalue weighted by Crippen LogP contribution is 2.16. The Kier molecular flexibility index (Phi) is 27.2. The van der Waals surface area contributed by atoms with Crippen molar-refractivity contribution in [3.63, 3.8) is 0 Å². The van der Waals surface area contributed by atoms with Gasteiger partial charge < -0.3 is 42.9 Å². The maximum absolute atomic E-state index is 2.33. The van der Waals surface area contributed by atoms with Crippen LogP contribution in [0.1, 0.15) is 105 Å². The van der Waals surface area contributed by atoms with Crippen LogP contribution in [-0.2, 0) is 6.54 Å². The van der Waals surface area contributed by atoms with Crippen LogP contribution in [0.5, 0.6) is 0 Å². The van der Waals surface area contributed by atoms with E-state index in [0.717, 1.165) is 0 Å². The summed E-state index contributed by atoms with van der Waals surface area (Å²) >= 11 is 0. The topological polar surface area (TPSA) is 0 Å². The van der Waals surface area contributed by atoms with Gasteiger partial charge in [0.1, 0.15) is 6.54 Å². The molecule has 0 heterocycles. The SMILES string of the molecule is CCCC[N+](CCCC)(CCCC)CCCC.CC[N+](CC)(CC)Cc1ccccc1.[Br-].[Br-]. The molecule has 0 N–H and O–H groups in total. The van der Waals surface area contributed by atoms with Crippen molar-refractivity contribution < 1.29 is 42.9 Å². The molecule has 0 spiro atoms. The molecule has 1 rings (SSSR count). The molecule has 0 saturated heterocycles. The number of nitrogens with zero attached hydrogens (tertiary/aromatic N) is 2. The molecule has 0 aliphatic heterocycles. The molecular formula is C29H58Br2N2. The van der Waals surface area contributed by atoms with E-state index < -0.39 is 0 Å². The summed E-state index contributed by atoms with van der Waals surface area (Å²) in [5.41, 5.74) is 1.46. The Morgan fingerprint density at radius 1 is 0.485 bits per heavy atom. The first-order valence-electron chi connectivity index (χ1n) is 13.7. The van der Waals surface area contributed by atoms with Gasteiger partial charge in [0.15, 0.2) is 0 Å². The fraction of sp³-hybridized carbons (Fsp3) is 0.793. The van der Waals surface area contributed by atoms with Gasteiger partial charge in [0.05, 0.1) is 45.8 Å². The zero-order chi connectivity index (χ0) is 23.4. The minimum absolute atomic E-state index is 0. The van der Waals surface area contributed by atoms with Gasteiger partial charge in [0.25, 0.3) is 0 Å². The molecule has 0 aliphatic carbocycles. The van der Waals surface area contributed by atoms with Gasteiger partial charge in [-0.1, -0.05) is 83.7 Å². The molecule has 1 aromatic rings. The van der Waals surface area contributed by atoms with Crippen molar-refractivity contribution in [2.24, 2.45) is 0 Å². The molecule has 0 saturated carbocycles. The van der Waals surface area contributed by atoms with Crippen LogP contribution in [0.25, 0.3) is 0 Å². The number of hydrogen-bond acceptors (Lipinski definition) is 0. The van der Waals surface area contributed by atoms with Crippen LogP contribution < -0.4 is 34.0 Å². The molecule has 198 valence electrons. The first-order valence-corrected chi connectivity index (χ1v) is 13.7. The number of rotatable bonds is 17. The molecule has 0 aliphatic rings. The quantitative estimate of drug-likeness (QED) is 0.243. The molecule has 2 nitrogen and oxygen atoms in total. The molecule has 0 fully saturated rings. The maximum Gasteiger partial charge on any atom is 0.104 e. The lowest BCUT2D eigenvalue weighted by Gasteiger charge is -2.39. The van der Waals surface area contributed by atoms with Crippen molar-refractivity contribution in [3.05, 3.63) is 35.9 Å². The molecule has 1 aromatic carbocycles. The largest absolute Gasteiger partial charge is 1.00 e. The summed E-state index contributed by atoms with van der Waals surface area (Å²) in [7, 11) is 0. The van der Waals surface area contributed by atoms with Gasteiger partial charge in [-0.05, 0) is 46.5 Å². The van der Waals surface area contributed by atoms with Crippen LogP contribution in [0, 0.1) is 0 Å². The summed E-state index contributed by atoms with van der Waals surface area (Å²) < 4.78 is 2.62. The minimum atomic E-state index is 0. The third-order valence-electron chi connectivity index (χ3n) is 7.32. The van der Waals surface area contributed by atoms with Crippen molar-refractivity contribution in [1.29, 1.82) is 0 Å². The number of benzene rings is 1. The highest BCUT2D eigenvalue weighted by molar-refractivity contribution is 5.13. The van der Waals surface area contributed by atoms with Crippen LogP contribution in [0.15, 0.2) is 30.3 Å². The summed E-state index contributed by atoms with van der Waals surface area (Å²) in [6, 6.07) is 10.8. The Morgan fingerprint density at radius 2 is 0.818 bits per heavy atom. The maximum atomic E-state index is 2.33. The highest BCUT2D eigenvalue weighted by atomic mass is 79.9. The van der Waals surface area contributed by atoms with Crippen LogP contribution in [0.2, 0.25) is 0 Å². The van der Waals surface area contributed by atoms with Gasteiger partial charge in [0, 0.05) is 5.56 Å². The lowest BCUT2D eigenvalue weighted by Crippen LogP contribution is -3.00. The fourth-order valence-corrected chi connectivity index (χ4v) is 4.62. The van der Waals surface area contributed by atoms with Crippen molar-refractivity contribution in [3.8, 4) is 0 Å². The predicted molar refractivity (Wildman–Crippen MR) is 141 cm³/mol. The van der Waals surface area contributed by atoms with E-state index in [2.05, 4.69) is 78.8 Å². The van der Waals surface area contributed by atoms with Gasteiger partial charge in [-0.2, -0.15) is 0 Å². The van der Waals surface area contributed by atoms with E-state index in [1.807, 2.05) is 0 Å². The van der Waals surface area contributed by atoms with E-state index in [1.165, 1.54) is 118 Å². The van der Waals surface area contributed by atoms with Gasteiger partial charge in [-0.15, -0.1) is 0 Å². The third-order valence-corrected chi connectivity index (χ3v) is 7.32. The second kappa shape index (κ2) is 23.8. The zero-order valence-corrected chi connectivity index (χ0v) is 26.5. The Balaban J connectivity index is -0.000000521. The molecule has 0 aromatic heterocycles. The van der Waals surface area contributed by atoms with Gasteiger partial charge in [-0.25, -0.2) is 0 Å². The van der Waals surface area contributed by atoms with Crippen LogP contribution in [0.4, 0.5) is 0 Å². The molecular weight excluding hydrogens is 536 g/mol. The Bertz CT molecular complexity index is 458. The normalized spacial score (nSPS) is 11.1. The molecule has 0 radical (unpaired) electrons. The fourth-order valence-electron chi connectivity index (χ4n) is 4.62. The van der Waals surface area contributed by atoms with Gasteiger partial charge in [0.2, 0.25) is 0 Å². The van der Waals surface area contributed by atoms with Crippen molar-refractivity contribution >= 4 is 0 Å². The predicted octanol–water partition coefficient (Wildman–Crippen LogP) is 2.07. The van der Waals surface area contributed by atoms with E-state index >= 15 is 0 Å². The Hall–Kier alpha value is 0.1000. The average molecular weight is 595 g/mol. The first kappa shape index (κ1) is 37.6.